The summed E-state index contributed by atoms with van der Waals surface area (Å²) in [5.41, 5.74) is 10.1. The maximum Gasteiger partial charge on any atom is 0.157 e. The molecule has 0 saturated heterocycles. The van der Waals surface area contributed by atoms with Gasteiger partial charge in [-0.05, 0) is 89.5 Å². The molecule has 56 heavy (non-hydrogen) atoms. The molecule has 0 fully saturated rings. The lowest BCUT2D eigenvalue weighted by Gasteiger charge is -2.20. The highest BCUT2D eigenvalue weighted by atomic mass is 15.1. The molecule has 0 unspecified atom stereocenters. The molecule has 0 heterocycles. The molecule has 0 amide bonds. The first-order chi connectivity index (χ1) is 27.6. The lowest BCUT2D eigenvalue weighted by Crippen LogP contribution is -2.25. The van der Waals surface area contributed by atoms with Gasteiger partial charge in [0.15, 0.2) is 5.84 Å². The Balaban J connectivity index is 1.11. The minimum atomic E-state index is 0.510. The molecular formula is C53H41N3. The Morgan fingerprint density at radius 3 is 1.62 bits per heavy atom. The van der Waals surface area contributed by atoms with E-state index in [0.29, 0.717) is 12.4 Å². The van der Waals surface area contributed by atoms with E-state index >= 15 is 0 Å². The van der Waals surface area contributed by atoms with Crippen molar-refractivity contribution >= 4 is 44.0 Å². The van der Waals surface area contributed by atoms with E-state index in [-0.39, 0.29) is 0 Å². The van der Waals surface area contributed by atoms with Gasteiger partial charge in [0, 0.05) is 25.2 Å². The first-order valence-electron chi connectivity index (χ1n) is 19.1. The van der Waals surface area contributed by atoms with Crippen LogP contribution >= 0.6 is 0 Å². The highest BCUT2D eigenvalue weighted by Gasteiger charge is 2.16. The fourth-order valence-electron chi connectivity index (χ4n) is 7.81. The molecule has 0 saturated carbocycles. The Bertz CT molecular complexity index is 2870. The average Bonchev–Trinajstić information content (AvgIpc) is 3.27. The van der Waals surface area contributed by atoms with Crippen molar-refractivity contribution in [3.05, 3.63) is 217 Å². The van der Waals surface area contributed by atoms with Gasteiger partial charge in [0.25, 0.3) is 0 Å². The average molecular weight is 720 g/mol. The number of benzene rings is 9. The number of aliphatic imine (C=N–C) groups is 2. The summed E-state index contributed by atoms with van der Waals surface area (Å²) in [5.74, 6) is 1.54. The Morgan fingerprint density at radius 2 is 0.929 bits per heavy atom. The normalized spacial score (nSPS) is 12.0. The van der Waals surface area contributed by atoms with Crippen molar-refractivity contribution in [2.45, 2.75) is 6.54 Å². The van der Waals surface area contributed by atoms with Crippen LogP contribution in [0.3, 0.4) is 0 Å². The van der Waals surface area contributed by atoms with Gasteiger partial charge in [-0.1, -0.05) is 182 Å². The Morgan fingerprint density at radius 1 is 0.411 bits per heavy atom. The Hall–Kier alpha value is -7.10. The van der Waals surface area contributed by atoms with Gasteiger partial charge < -0.3 is 4.90 Å². The van der Waals surface area contributed by atoms with Gasteiger partial charge in [-0.3, -0.25) is 4.99 Å². The second kappa shape index (κ2) is 15.3. The largest absolute Gasteiger partial charge is 0.362 e. The van der Waals surface area contributed by atoms with Crippen molar-refractivity contribution in [2.75, 3.05) is 14.1 Å². The maximum atomic E-state index is 5.36. The zero-order valence-corrected chi connectivity index (χ0v) is 31.6. The minimum absolute atomic E-state index is 0.510. The molecule has 0 spiro atoms. The van der Waals surface area contributed by atoms with E-state index in [0.717, 1.165) is 33.7 Å². The van der Waals surface area contributed by atoms with Crippen LogP contribution in [0.25, 0.3) is 65.7 Å². The Labute approximate surface area is 328 Å². The van der Waals surface area contributed by atoms with Gasteiger partial charge in [0.2, 0.25) is 0 Å². The van der Waals surface area contributed by atoms with Gasteiger partial charge in [0.05, 0.1) is 6.54 Å². The molecule has 3 nitrogen and oxygen atoms in total. The molecule has 0 radical (unpaired) electrons. The lowest BCUT2D eigenvalue weighted by molar-refractivity contribution is 0.625. The summed E-state index contributed by atoms with van der Waals surface area (Å²) in [5, 5.41) is 7.67. The quantitative estimate of drug-likeness (QED) is 0.0915. The number of hydrogen-bond donors (Lipinski definition) is 0. The van der Waals surface area contributed by atoms with Crippen molar-refractivity contribution in [3.8, 4) is 33.4 Å². The molecule has 0 bridgehead atoms. The predicted molar refractivity (Wildman–Crippen MR) is 239 cm³/mol. The zero-order chi connectivity index (χ0) is 37.8. The van der Waals surface area contributed by atoms with E-state index in [2.05, 4.69) is 195 Å². The molecule has 9 aromatic carbocycles. The topological polar surface area (TPSA) is 28.0 Å². The molecule has 0 aliphatic rings. The van der Waals surface area contributed by atoms with Crippen LogP contribution < -0.4 is 0 Å². The fourth-order valence-corrected chi connectivity index (χ4v) is 7.81. The van der Waals surface area contributed by atoms with Crippen molar-refractivity contribution < 1.29 is 0 Å². The van der Waals surface area contributed by atoms with Crippen LogP contribution in [0.4, 0.5) is 0 Å². The second-order valence-corrected chi connectivity index (χ2v) is 14.4. The van der Waals surface area contributed by atoms with Crippen LogP contribution in [-0.4, -0.2) is 30.7 Å². The molecule has 0 atom stereocenters. The summed E-state index contributed by atoms with van der Waals surface area (Å²) in [6, 6.07) is 71.3. The number of hydrogen-bond acceptors (Lipinski definition) is 1. The molecule has 9 rings (SSSR count). The molecule has 3 heteroatoms. The van der Waals surface area contributed by atoms with E-state index in [1.807, 2.05) is 24.3 Å². The monoisotopic (exact) mass is 719 g/mol. The number of fused-ring (bicyclic) bond motifs is 6. The first-order valence-corrected chi connectivity index (χ1v) is 19.1. The highest BCUT2D eigenvalue weighted by molar-refractivity contribution is 6.25. The SMILES string of the molecule is CN(C)/C(=N\C(=N/Cc1cccc(-c2ccccc2)c1)c1ccccc1)c1ccccc1-c1cccc(-c2ccc3c4ccccc4c4ccccc4c3c2)c1. The van der Waals surface area contributed by atoms with Crippen molar-refractivity contribution in [3.63, 3.8) is 0 Å². The summed E-state index contributed by atoms with van der Waals surface area (Å²) in [6.07, 6.45) is 0. The van der Waals surface area contributed by atoms with Gasteiger partial charge in [-0.25, -0.2) is 4.99 Å². The van der Waals surface area contributed by atoms with E-state index in [1.54, 1.807) is 0 Å². The third-order valence-electron chi connectivity index (χ3n) is 10.5. The van der Waals surface area contributed by atoms with Gasteiger partial charge in [-0.2, -0.15) is 0 Å². The number of nitrogens with zero attached hydrogens (tertiary/aromatic N) is 3. The van der Waals surface area contributed by atoms with E-state index in [9.17, 15) is 0 Å². The summed E-state index contributed by atoms with van der Waals surface area (Å²) < 4.78 is 0. The zero-order valence-electron chi connectivity index (χ0n) is 31.6. The maximum absolute atomic E-state index is 5.36. The van der Waals surface area contributed by atoms with Crippen LogP contribution in [0.1, 0.15) is 16.7 Å². The van der Waals surface area contributed by atoms with Crippen LogP contribution in [0.15, 0.2) is 210 Å². The van der Waals surface area contributed by atoms with Crippen molar-refractivity contribution in [2.24, 2.45) is 9.98 Å². The number of amidine groups is 2. The second-order valence-electron chi connectivity index (χ2n) is 14.4. The summed E-state index contributed by atoms with van der Waals surface area (Å²) in [7, 11) is 4.11. The molecule has 0 N–H and O–H groups in total. The summed E-state index contributed by atoms with van der Waals surface area (Å²) in [4.78, 5) is 12.6. The predicted octanol–water partition coefficient (Wildman–Crippen LogP) is 13.1. The van der Waals surface area contributed by atoms with Crippen molar-refractivity contribution in [1.82, 2.24) is 4.90 Å². The third-order valence-corrected chi connectivity index (χ3v) is 10.5. The molecular weight excluding hydrogens is 679 g/mol. The van der Waals surface area contributed by atoms with E-state index in [4.69, 9.17) is 9.98 Å². The van der Waals surface area contributed by atoms with Crippen LogP contribution in [-0.2, 0) is 6.54 Å². The fraction of sp³-hybridized carbons (Fsp3) is 0.0566. The molecule has 9 aromatic rings. The molecule has 0 aromatic heterocycles. The van der Waals surface area contributed by atoms with Crippen LogP contribution in [0.5, 0.6) is 0 Å². The molecule has 0 aliphatic carbocycles. The van der Waals surface area contributed by atoms with Gasteiger partial charge in [-0.15, -0.1) is 0 Å². The minimum Gasteiger partial charge on any atom is -0.362 e. The first kappa shape index (κ1) is 34.7. The van der Waals surface area contributed by atoms with E-state index < -0.39 is 0 Å². The standard InChI is InChI=1S/C53H41N3/c1-56(2)53(55-52(39-20-7-4-8-21-39)54-36-37-17-15-22-40(33-37)38-18-5-3-6-19-38)50-30-14-9-25-44(50)43-24-16-23-41(34-43)42-31-32-49-47-28-11-10-26-45(47)46-27-12-13-29-48(46)51(49)35-42/h3-35H,36H2,1-2H3/b54-52-,55-53-. The van der Waals surface area contributed by atoms with Gasteiger partial charge >= 0.3 is 0 Å². The van der Waals surface area contributed by atoms with Crippen molar-refractivity contribution in [1.29, 1.82) is 0 Å². The lowest BCUT2D eigenvalue weighted by atomic mass is 9.91. The van der Waals surface area contributed by atoms with Crippen LogP contribution in [0.2, 0.25) is 0 Å². The summed E-state index contributed by atoms with van der Waals surface area (Å²) >= 11 is 0. The van der Waals surface area contributed by atoms with Gasteiger partial charge in [0.1, 0.15) is 5.84 Å². The smallest absolute Gasteiger partial charge is 0.157 e. The molecule has 268 valence electrons. The summed E-state index contributed by atoms with van der Waals surface area (Å²) in [6.45, 7) is 0.510. The highest BCUT2D eigenvalue weighted by Crippen LogP contribution is 2.38. The van der Waals surface area contributed by atoms with Crippen LogP contribution in [0, 0.1) is 0 Å². The Kier molecular flexibility index (Phi) is 9.49. The number of rotatable bonds is 7. The van der Waals surface area contributed by atoms with E-state index in [1.165, 1.54) is 54.6 Å². The molecule has 0 aliphatic heterocycles. The third kappa shape index (κ3) is 6.87.